The van der Waals surface area contributed by atoms with Crippen LogP contribution in [0.2, 0.25) is 0 Å². The summed E-state index contributed by atoms with van der Waals surface area (Å²) in [6.07, 6.45) is 3.87. The maximum absolute atomic E-state index is 13.4. The van der Waals surface area contributed by atoms with Crippen LogP contribution >= 0.6 is 12.2 Å². The molecule has 20 heavy (non-hydrogen) atoms. The first-order valence-corrected chi connectivity index (χ1v) is 7.64. The predicted octanol–water partition coefficient (Wildman–Crippen LogP) is 2.13. The summed E-state index contributed by atoms with van der Waals surface area (Å²) in [5.41, 5.74) is 7.38. The number of benzene rings is 1. The van der Waals surface area contributed by atoms with Gasteiger partial charge in [-0.3, -0.25) is 4.90 Å². The van der Waals surface area contributed by atoms with Crippen molar-refractivity contribution in [3.63, 3.8) is 0 Å². The van der Waals surface area contributed by atoms with Gasteiger partial charge >= 0.3 is 0 Å². The van der Waals surface area contributed by atoms with Crippen LogP contribution in [0.25, 0.3) is 0 Å². The van der Waals surface area contributed by atoms with E-state index in [1.807, 2.05) is 6.07 Å². The fourth-order valence-corrected chi connectivity index (χ4v) is 3.52. The van der Waals surface area contributed by atoms with Crippen molar-refractivity contribution in [1.82, 2.24) is 4.90 Å². The van der Waals surface area contributed by atoms with Gasteiger partial charge in [-0.15, -0.1) is 0 Å². The Morgan fingerprint density at radius 2 is 2.10 bits per heavy atom. The third-order valence-corrected chi connectivity index (χ3v) is 4.62. The lowest BCUT2D eigenvalue weighted by Gasteiger charge is -2.45. The van der Waals surface area contributed by atoms with E-state index in [1.54, 1.807) is 0 Å². The second-order valence-corrected chi connectivity index (χ2v) is 6.10. The van der Waals surface area contributed by atoms with Crippen molar-refractivity contribution in [3.05, 3.63) is 29.6 Å². The van der Waals surface area contributed by atoms with Crippen LogP contribution < -0.4 is 10.6 Å². The molecular formula is C15H20FN3S. The number of nitrogens with zero attached hydrogens (tertiary/aromatic N) is 2. The Kier molecular flexibility index (Phi) is 3.89. The fraction of sp³-hybridized carbons (Fsp3) is 0.533. The zero-order chi connectivity index (χ0) is 14.1. The molecule has 1 atom stereocenters. The van der Waals surface area contributed by atoms with Gasteiger partial charge in [-0.25, -0.2) is 4.39 Å². The quantitative estimate of drug-likeness (QED) is 0.847. The molecule has 2 N–H and O–H groups in total. The molecule has 1 unspecified atom stereocenters. The van der Waals surface area contributed by atoms with E-state index in [9.17, 15) is 4.39 Å². The molecule has 0 bridgehead atoms. The molecule has 2 heterocycles. The Labute approximate surface area is 124 Å². The molecule has 0 aliphatic carbocycles. The molecule has 2 aliphatic rings. The van der Waals surface area contributed by atoms with Crippen molar-refractivity contribution < 1.29 is 4.39 Å². The van der Waals surface area contributed by atoms with E-state index >= 15 is 0 Å². The molecule has 0 aromatic heterocycles. The minimum absolute atomic E-state index is 0.269. The summed E-state index contributed by atoms with van der Waals surface area (Å²) in [5, 5.41) is 0. The van der Waals surface area contributed by atoms with Crippen LogP contribution in [0.1, 0.15) is 24.8 Å². The van der Waals surface area contributed by atoms with Crippen LogP contribution in [-0.4, -0.2) is 42.1 Å². The smallest absolute Gasteiger partial charge is 0.124 e. The highest BCUT2D eigenvalue weighted by Gasteiger charge is 2.29. The summed E-state index contributed by atoms with van der Waals surface area (Å²) in [4.78, 5) is 5.15. The van der Waals surface area contributed by atoms with E-state index < -0.39 is 0 Å². The zero-order valence-electron chi connectivity index (χ0n) is 11.5. The summed E-state index contributed by atoms with van der Waals surface area (Å²) in [6, 6.07) is 5.36. The molecule has 2 aliphatic heterocycles. The van der Waals surface area contributed by atoms with E-state index in [0.29, 0.717) is 11.6 Å². The van der Waals surface area contributed by atoms with Gasteiger partial charge in [0, 0.05) is 36.9 Å². The van der Waals surface area contributed by atoms with E-state index in [-0.39, 0.29) is 10.8 Å². The van der Waals surface area contributed by atoms with Gasteiger partial charge in [0.1, 0.15) is 10.8 Å². The lowest BCUT2D eigenvalue weighted by molar-refractivity contribution is 0.133. The minimum Gasteiger partial charge on any atom is -0.389 e. The van der Waals surface area contributed by atoms with Gasteiger partial charge < -0.3 is 10.6 Å². The van der Waals surface area contributed by atoms with E-state index in [4.69, 9.17) is 18.0 Å². The molecule has 0 saturated carbocycles. The number of hydrogen-bond acceptors (Lipinski definition) is 3. The normalized spacial score (nSPS) is 23.4. The first-order chi connectivity index (χ1) is 9.65. The van der Waals surface area contributed by atoms with Crippen molar-refractivity contribution in [3.8, 4) is 0 Å². The van der Waals surface area contributed by atoms with Crippen molar-refractivity contribution in [2.45, 2.75) is 25.3 Å². The second kappa shape index (κ2) is 5.66. The van der Waals surface area contributed by atoms with Crippen LogP contribution in [0.15, 0.2) is 18.2 Å². The number of nitrogens with two attached hydrogens (primary N) is 1. The maximum Gasteiger partial charge on any atom is 0.124 e. The summed E-state index contributed by atoms with van der Waals surface area (Å²) < 4.78 is 13.4. The minimum atomic E-state index is -0.284. The standard InChI is InChI=1S/C15H20FN3S/c16-11-4-5-14(13(9-11)15(17)20)19-8-7-18-6-2-1-3-12(18)10-19/h4-5,9,12H,1-3,6-8,10H2,(H2,17,20). The van der Waals surface area contributed by atoms with Gasteiger partial charge in [-0.05, 0) is 37.6 Å². The average Bonchev–Trinajstić information content (AvgIpc) is 2.46. The Bertz CT molecular complexity index is 520. The molecule has 0 spiro atoms. The third-order valence-electron chi connectivity index (χ3n) is 4.40. The van der Waals surface area contributed by atoms with Crippen molar-refractivity contribution in [2.75, 3.05) is 31.1 Å². The molecule has 1 aromatic rings. The predicted molar refractivity (Wildman–Crippen MR) is 83.7 cm³/mol. The summed E-state index contributed by atoms with van der Waals surface area (Å²) in [7, 11) is 0. The zero-order valence-corrected chi connectivity index (χ0v) is 12.3. The molecule has 2 fully saturated rings. The SMILES string of the molecule is NC(=S)c1cc(F)ccc1N1CCN2CCCCC2C1. The lowest BCUT2D eigenvalue weighted by Crippen LogP contribution is -2.55. The lowest BCUT2D eigenvalue weighted by atomic mass is 9.98. The highest BCUT2D eigenvalue weighted by Crippen LogP contribution is 2.27. The van der Waals surface area contributed by atoms with Gasteiger partial charge in [0.05, 0.1) is 0 Å². The molecule has 2 saturated heterocycles. The van der Waals surface area contributed by atoms with Crippen molar-refractivity contribution in [2.24, 2.45) is 5.73 Å². The monoisotopic (exact) mass is 293 g/mol. The maximum atomic E-state index is 13.4. The van der Waals surface area contributed by atoms with Gasteiger partial charge in [0.2, 0.25) is 0 Å². The number of rotatable bonds is 2. The number of halogens is 1. The first kappa shape index (κ1) is 13.8. The molecule has 3 nitrogen and oxygen atoms in total. The average molecular weight is 293 g/mol. The van der Waals surface area contributed by atoms with Crippen LogP contribution in [0.4, 0.5) is 10.1 Å². The molecule has 0 radical (unpaired) electrons. The Balaban J connectivity index is 1.84. The molecular weight excluding hydrogens is 273 g/mol. The molecule has 108 valence electrons. The third kappa shape index (κ3) is 2.65. The number of hydrogen-bond donors (Lipinski definition) is 1. The number of anilines is 1. The van der Waals surface area contributed by atoms with Crippen molar-refractivity contribution in [1.29, 1.82) is 0 Å². The number of fused-ring (bicyclic) bond motifs is 1. The Morgan fingerprint density at radius 1 is 1.25 bits per heavy atom. The topological polar surface area (TPSA) is 32.5 Å². The Hall–Kier alpha value is -1.20. The van der Waals surface area contributed by atoms with E-state index in [2.05, 4.69) is 9.80 Å². The Morgan fingerprint density at radius 3 is 2.90 bits per heavy atom. The van der Waals surface area contributed by atoms with Gasteiger partial charge in [-0.1, -0.05) is 18.6 Å². The van der Waals surface area contributed by atoms with E-state index in [0.717, 1.165) is 25.3 Å². The highest BCUT2D eigenvalue weighted by molar-refractivity contribution is 7.80. The summed E-state index contributed by atoms with van der Waals surface area (Å²) >= 11 is 5.07. The van der Waals surface area contributed by atoms with Crippen LogP contribution in [0.5, 0.6) is 0 Å². The van der Waals surface area contributed by atoms with Crippen LogP contribution in [0, 0.1) is 5.82 Å². The van der Waals surface area contributed by atoms with Gasteiger partial charge in [0.25, 0.3) is 0 Å². The summed E-state index contributed by atoms with van der Waals surface area (Å²) in [6.45, 7) is 4.22. The largest absolute Gasteiger partial charge is 0.389 e. The van der Waals surface area contributed by atoms with Crippen LogP contribution in [0.3, 0.4) is 0 Å². The number of piperazine rings is 1. The van der Waals surface area contributed by atoms with Crippen molar-refractivity contribution >= 4 is 22.9 Å². The molecule has 1 aromatic carbocycles. The fourth-order valence-electron chi connectivity index (χ4n) is 3.36. The number of piperidine rings is 1. The highest BCUT2D eigenvalue weighted by atomic mass is 32.1. The van der Waals surface area contributed by atoms with E-state index in [1.165, 1.54) is 37.9 Å². The molecule has 5 heteroatoms. The van der Waals surface area contributed by atoms with Gasteiger partial charge in [-0.2, -0.15) is 0 Å². The second-order valence-electron chi connectivity index (χ2n) is 5.66. The van der Waals surface area contributed by atoms with Gasteiger partial charge in [0.15, 0.2) is 0 Å². The number of thiocarbonyl (C=S) groups is 1. The first-order valence-electron chi connectivity index (χ1n) is 7.23. The molecule has 0 amide bonds. The van der Waals surface area contributed by atoms with Crippen LogP contribution in [-0.2, 0) is 0 Å². The molecule has 3 rings (SSSR count). The summed E-state index contributed by atoms with van der Waals surface area (Å²) in [5.74, 6) is -0.284.